The van der Waals surface area contributed by atoms with Gasteiger partial charge in [-0.05, 0) is 56.0 Å². The van der Waals surface area contributed by atoms with Crippen molar-refractivity contribution in [1.82, 2.24) is 4.90 Å². The molecule has 1 heterocycles. The Morgan fingerprint density at radius 2 is 2.19 bits per heavy atom. The fourth-order valence-electron chi connectivity index (χ4n) is 7.23. The molecule has 5 heteroatoms. The van der Waals surface area contributed by atoms with E-state index in [2.05, 4.69) is 30.1 Å². The van der Waals surface area contributed by atoms with Gasteiger partial charge in [-0.3, -0.25) is 0 Å². The average Bonchev–Trinajstić information content (AvgIpc) is 2.81. The van der Waals surface area contributed by atoms with Gasteiger partial charge >= 0.3 is 0 Å². The highest BCUT2D eigenvalue weighted by Crippen LogP contribution is 2.69. The number of likely N-dealkylation sites (tertiary alicyclic amines) is 1. The summed E-state index contributed by atoms with van der Waals surface area (Å²) in [7, 11) is 3.92. The zero-order chi connectivity index (χ0) is 18.1. The van der Waals surface area contributed by atoms with Crippen molar-refractivity contribution >= 4 is 0 Å². The van der Waals surface area contributed by atoms with Gasteiger partial charge in [-0.15, -0.1) is 0 Å². The molecule has 5 nitrogen and oxygen atoms in total. The van der Waals surface area contributed by atoms with Crippen molar-refractivity contribution in [2.45, 2.75) is 49.3 Å². The van der Waals surface area contributed by atoms with Gasteiger partial charge in [-0.2, -0.15) is 0 Å². The summed E-state index contributed by atoms with van der Waals surface area (Å²) in [5.41, 5.74) is 3.04. The maximum Gasteiger partial charge on any atom is 0.119 e. The number of nitrogens with zero attached hydrogens (tertiary/aromatic N) is 1. The normalized spacial score (nSPS) is 43.2. The van der Waals surface area contributed by atoms with Gasteiger partial charge in [0.05, 0.1) is 32.5 Å². The largest absolute Gasteiger partial charge is 0.497 e. The lowest BCUT2D eigenvalue weighted by molar-refractivity contribution is -0.106. The zero-order valence-corrected chi connectivity index (χ0v) is 15.6. The van der Waals surface area contributed by atoms with Crippen molar-refractivity contribution in [3.8, 4) is 5.75 Å². The van der Waals surface area contributed by atoms with Crippen LogP contribution >= 0.6 is 0 Å². The zero-order valence-electron chi connectivity index (χ0n) is 15.6. The van der Waals surface area contributed by atoms with E-state index in [1.165, 1.54) is 11.1 Å². The molecule has 2 spiro atoms. The quantitative estimate of drug-likeness (QED) is 0.850. The number of benzene rings is 1. The summed E-state index contributed by atoms with van der Waals surface area (Å²) in [6, 6.07) is 6.97. The molecule has 2 bridgehead atoms. The topological polar surface area (TPSA) is 62.2 Å². The van der Waals surface area contributed by atoms with Gasteiger partial charge in [0.2, 0.25) is 0 Å². The molecule has 1 saturated heterocycles. The van der Waals surface area contributed by atoms with E-state index in [1.54, 1.807) is 7.11 Å². The Kier molecular flexibility index (Phi) is 3.71. The Morgan fingerprint density at radius 3 is 2.92 bits per heavy atom. The van der Waals surface area contributed by atoms with Crippen molar-refractivity contribution in [3.05, 3.63) is 29.3 Å². The SMILES string of the molecule is COc1ccc2c(c1)[C@@]13C[C@H](OCCO)C[C@@H](O)[C@@H]1[C@@H]1N(C)CC1(C2)C3. The summed E-state index contributed by atoms with van der Waals surface area (Å²) in [6.45, 7) is 1.50. The Labute approximate surface area is 154 Å². The molecule has 5 rings (SSSR count). The highest BCUT2D eigenvalue weighted by molar-refractivity contribution is 5.49. The summed E-state index contributed by atoms with van der Waals surface area (Å²) in [5, 5.41) is 20.3. The summed E-state index contributed by atoms with van der Waals surface area (Å²) < 4.78 is 11.5. The Balaban J connectivity index is 1.63. The van der Waals surface area contributed by atoms with E-state index in [1.807, 2.05) is 0 Å². The molecule has 1 aromatic carbocycles. The lowest BCUT2D eigenvalue weighted by Gasteiger charge is -2.55. The molecule has 0 aromatic heterocycles. The number of fused-ring (bicyclic) bond motifs is 2. The molecular weight excluding hydrogens is 330 g/mol. The van der Waals surface area contributed by atoms with Crippen LogP contribution in [0.25, 0.3) is 0 Å². The summed E-state index contributed by atoms with van der Waals surface area (Å²) in [5.74, 6) is 1.15. The van der Waals surface area contributed by atoms with E-state index in [0.29, 0.717) is 24.5 Å². The van der Waals surface area contributed by atoms with Gasteiger partial charge in [-0.1, -0.05) is 6.07 Å². The molecule has 26 heavy (non-hydrogen) atoms. The average molecular weight is 359 g/mol. The van der Waals surface area contributed by atoms with Crippen LogP contribution < -0.4 is 4.74 Å². The second-order valence-electron chi connectivity index (χ2n) is 9.00. The van der Waals surface area contributed by atoms with Gasteiger partial charge in [0, 0.05) is 29.3 Å². The van der Waals surface area contributed by atoms with Gasteiger partial charge in [0.1, 0.15) is 5.75 Å². The van der Waals surface area contributed by atoms with Gasteiger partial charge < -0.3 is 24.6 Å². The molecular formula is C21H29NO4. The first-order valence-corrected chi connectivity index (χ1v) is 9.81. The van der Waals surface area contributed by atoms with E-state index in [9.17, 15) is 5.11 Å². The summed E-state index contributed by atoms with van der Waals surface area (Å²) >= 11 is 0. The van der Waals surface area contributed by atoms with Gasteiger partial charge in [0.25, 0.3) is 0 Å². The molecule has 3 aliphatic carbocycles. The molecule has 2 saturated carbocycles. The molecule has 6 atom stereocenters. The second kappa shape index (κ2) is 5.68. The van der Waals surface area contributed by atoms with Crippen molar-refractivity contribution < 1.29 is 19.7 Å². The highest BCUT2D eigenvalue weighted by atomic mass is 16.5. The number of hydrogen-bond donors (Lipinski definition) is 2. The molecule has 0 amide bonds. The third-order valence-electron chi connectivity index (χ3n) is 7.66. The smallest absolute Gasteiger partial charge is 0.119 e. The minimum absolute atomic E-state index is 0.00501. The molecule has 142 valence electrons. The van der Waals surface area contributed by atoms with Crippen LogP contribution in [0.3, 0.4) is 0 Å². The first kappa shape index (κ1) is 17.0. The van der Waals surface area contributed by atoms with Crippen LogP contribution in [-0.4, -0.2) is 67.3 Å². The van der Waals surface area contributed by atoms with E-state index >= 15 is 0 Å². The van der Waals surface area contributed by atoms with Crippen LogP contribution in [0.15, 0.2) is 18.2 Å². The maximum absolute atomic E-state index is 11.2. The Morgan fingerprint density at radius 1 is 1.35 bits per heavy atom. The van der Waals surface area contributed by atoms with Gasteiger partial charge in [0.15, 0.2) is 0 Å². The second-order valence-corrected chi connectivity index (χ2v) is 9.00. The standard InChI is InChI=1S/C21H29NO4/c1-22-12-20-9-13-3-4-14(25-2)7-16(13)21(11-20)10-15(26-6-5-23)8-17(24)18(21)19(20)22/h3-4,7,15,17-19,23-24H,5-6,8-12H2,1-2H3/t15-,17-,18-,19+,20?,21+/m1/s1. The van der Waals surface area contributed by atoms with Crippen LogP contribution in [0.4, 0.5) is 0 Å². The molecule has 1 aliphatic heterocycles. The van der Waals surface area contributed by atoms with E-state index in [0.717, 1.165) is 31.6 Å². The minimum atomic E-state index is -0.362. The molecule has 4 aliphatic rings. The first-order valence-electron chi connectivity index (χ1n) is 9.81. The summed E-state index contributed by atoms with van der Waals surface area (Å²) in [4.78, 5) is 2.45. The minimum Gasteiger partial charge on any atom is -0.497 e. The molecule has 3 fully saturated rings. The van der Waals surface area contributed by atoms with Crippen molar-refractivity contribution in [2.24, 2.45) is 11.3 Å². The monoisotopic (exact) mass is 359 g/mol. The molecule has 2 N–H and O–H groups in total. The third-order valence-corrected chi connectivity index (χ3v) is 7.66. The fourth-order valence-corrected chi connectivity index (χ4v) is 7.23. The summed E-state index contributed by atoms with van der Waals surface area (Å²) in [6.07, 6.45) is 3.49. The van der Waals surface area contributed by atoms with Crippen LogP contribution in [0, 0.1) is 11.3 Å². The van der Waals surface area contributed by atoms with Crippen LogP contribution in [0.5, 0.6) is 5.75 Å². The maximum atomic E-state index is 11.2. The van der Waals surface area contributed by atoms with Crippen LogP contribution in [0.2, 0.25) is 0 Å². The number of ether oxygens (including phenoxy) is 2. The van der Waals surface area contributed by atoms with Crippen molar-refractivity contribution in [2.75, 3.05) is 33.9 Å². The van der Waals surface area contributed by atoms with E-state index in [-0.39, 0.29) is 30.1 Å². The van der Waals surface area contributed by atoms with Crippen LogP contribution in [0.1, 0.15) is 30.4 Å². The van der Waals surface area contributed by atoms with Crippen molar-refractivity contribution in [1.29, 1.82) is 0 Å². The number of rotatable bonds is 4. The highest BCUT2D eigenvalue weighted by Gasteiger charge is 2.72. The Hall–Kier alpha value is -1.14. The molecule has 0 radical (unpaired) electrons. The molecule has 1 aromatic rings. The number of aliphatic hydroxyl groups is 2. The van der Waals surface area contributed by atoms with Crippen LogP contribution in [-0.2, 0) is 16.6 Å². The predicted octanol–water partition coefficient (Wildman–Crippen LogP) is 1.34. The number of hydrogen-bond acceptors (Lipinski definition) is 5. The number of aliphatic hydroxyl groups excluding tert-OH is 2. The predicted molar refractivity (Wildman–Crippen MR) is 97.4 cm³/mol. The lowest BCUT2D eigenvalue weighted by atomic mass is 9.58. The van der Waals surface area contributed by atoms with E-state index < -0.39 is 0 Å². The van der Waals surface area contributed by atoms with Crippen molar-refractivity contribution in [3.63, 3.8) is 0 Å². The van der Waals surface area contributed by atoms with Gasteiger partial charge in [-0.25, -0.2) is 0 Å². The third kappa shape index (κ3) is 2.06. The lowest BCUT2D eigenvalue weighted by Crippen LogP contribution is -2.64. The molecule has 1 unspecified atom stereocenters. The number of methoxy groups -OCH3 is 1. The Bertz CT molecular complexity index is 724. The fraction of sp³-hybridized carbons (Fsp3) is 0.714. The first-order chi connectivity index (χ1) is 12.5. The van der Waals surface area contributed by atoms with E-state index in [4.69, 9.17) is 14.6 Å².